The van der Waals surface area contributed by atoms with Crippen molar-refractivity contribution in [1.82, 2.24) is 4.90 Å². The van der Waals surface area contributed by atoms with Crippen molar-refractivity contribution < 1.29 is 0 Å². The zero-order chi connectivity index (χ0) is 10.8. The summed E-state index contributed by atoms with van der Waals surface area (Å²) in [5.41, 5.74) is 6.30. The molecule has 0 aromatic heterocycles. The van der Waals surface area contributed by atoms with Gasteiger partial charge < -0.3 is 10.6 Å². The molecule has 2 heteroatoms. The molecule has 0 spiro atoms. The van der Waals surface area contributed by atoms with E-state index in [0.29, 0.717) is 6.04 Å². The molecule has 2 rings (SSSR count). The summed E-state index contributed by atoms with van der Waals surface area (Å²) in [6.45, 7) is 3.46. The first-order chi connectivity index (χ1) is 7.18. The van der Waals surface area contributed by atoms with Crippen LogP contribution in [0.2, 0.25) is 0 Å². The average molecular weight is 210 g/mol. The maximum atomic E-state index is 6.30. The lowest BCUT2D eigenvalue weighted by Gasteiger charge is -2.30. The summed E-state index contributed by atoms with van der Waals surface area (Å²) < 4.78 is 0. The molecule has 2 aliphatic carbocycles. The lowest BCUT2D eigenvalue weighted by atomic mass is 9.98. The van der Waals surface area contributed by atoms with Gasteiger partial charge >= 0.3 is 0 Å². The Bertz CT molecular complexity index is 189. The molecule has 0 aromatic rings. The Morgan fingerprint density at radius 1 is 1.13 bits per heavy atom. The molecule has 0 saturated heterocycles. The highest BCUT2D eigenvalue weighted by Crippen LogP contribution is 2.35. The lowest BCUT2D eigenvalue weighted by Crippen LogP contribution is -2.43. The maximum absolute atomic E-state index is 6.30. The molecule has 15 heavy (non-hydrogen) atoms. The lowest BCUT2D eigenvalue weighted by molar-refractivity contribution is 0.201. The fourth-order valence-corrected chi connectivity index (χ4v) is 2.97. The van der Waals surface area contributed by atoms with Crippen molar-refractivity contribution in [3.05, 3.63) is 0 Å². The topological polar surface area (TPSA) is 29.3 Å². The number of likely N-dealkylation sites (N-methyl/N-ethyl adjacent to an activating group) is 1. The van der Waals surface area contributed by atoms with Gasteiger partial charge in [0.25, 0.3) is 0 Å². The summed E-state index contributed by atoms with van der Waals surface area (Å²) in [6, 6.07) is 1.16. The van der Waals surface area contributed by atoms with Crippen molar-refractivity contribution in [3.63, 3.8) is 0 Å². The molecular weight excluding hydrogens is 184 g/mol. The Morgan fingerprint density at radius 2 is 1.73 bits per heavy atom. The molecule has 0 heterocycles. The highest BCUT2D eigenvalue weighted by Gasteiger charge is 2.32. The Morgan fingerprint density at radius 3 is 2.27 bits per heavy atom. The van der Waals surface area contributed by atoms with Crippen molar-refractivity contribution >= 4 is 0 Å². The predicted octanol–water partition coefficient (Wildman–Crippen LogP) is 2.23. The van der Waals surface area contributed by atoms with E-state index in [2.05, 4.69) is 18.9 Å². The van der Waals surface area contributed by atoms with Crippen LogP contribution >= 0.6 is 0 Å². The van der Waals surface area contributed by atoms with E-state index in [9.17, 15) is 0 Å². The van der Waals surface area contributed by atoms with Gasteiger partial charge in [0.05, 0.1) is 0 Å². The van der Waals surface area contributed by atoms with E-state index in [1.165, 1.54) is 38.5 Å². The molecule has 0 aliphatic heterocycles. The summed E-state index contributed by atoms with van der Waals surface area (Å²) in [5, 5.41) is 0. The molecule has 2 nitrogen and oxygen atoms in total. The third kappa shape index (κ3) is 2.94. The molecule has 0 radical (unpaired) electrons. The zero-order valence-corrected chi connectivity index (χ0v) is 10.3. The van der Waals surface area contributed by atoms with Crippen LogP contribution in [0.25, 0.3) is 0 Å². The van der Waals surface area contributed by atoms with Crippen molar-refractivity contribution in [1.29, 1.82) is 0 Å². The first-order valence-corrected chi connectivity index (χ1v) is 6.64. The van der Waals surface area contributed by atoms with Gasteiger partial charge in [0.15, 0.2) is 0 Å². The predicted molar refractivity (Wildman–Crippen MR) is 64.7 cm³/mol. The van der Waals surface area contributed by atoms with Gasteiger partial charge in [0, 0.05) is 18.6 Å². The fraction of sp³-hybridized carbons (Fsp3) is 1.00. The van der Waals surface area contributed by atoms with E-state index in [1.807, 2.05) is 0 Å². The molecule has 0 aromatic carbocycles. The van der Waals surface area contributed by atoms with Crippen LogP contribution < -0.4 is 5.73 Å². The molecule has 2 aliphatic rings. The van der Waals surface area contributed by atoms with E-state index in [0.717, 1.165) is 24.4 Å². The van der Waals surface area contributed by atoms with E-state index in [4.69, 9.17) is 5.73 Å². The van der Waals surface area contributed by atoms with Crippen LogP contribution in [0.5, 0.6) is 0 Å². The number of nitrogens with two attached hydrogens (primary N) is 1. The fourth-order valence-electron chi connectivity index (χ4n) is 2.97. The van der Waals surface area contributed by atoms with Gasteiger partial charge in [-0.3, -0.25) is 0 Å². The second-order valence-corrected chi connectivity index (χ2v) is 5.73. The van der Waals surface area contributed by atoms with E-state index < -0.39 is 0 Å². The minimum atomic E-state index is 0.415. The maximum Gasteiger partial charge on any atom is 0.0196 e. The Balaban J connectivity index is 1.74. The van der Waals surface area contributed by atoms with E-state index in [1.54, 1.807) is 0 Å². The van der Waals surface area contributed by atoms with Gasteiger partial charge in [0.1, 0.15) is 0 Å². The third-order valence-corrected chi connectivity index (χ3v) is 4.50. The second-order valence-electron chi connectivity index (χ2n) is 5.73. The molecule has 2 N–H and O–H groups in total. The summed E-state index contributed by atoms with van der Waals surface area (Å²) in [4.78, 5) is 2.49. The monoisotopic (exact) mass is 210 g/mol. The molecule has 88 valence electrons. The summed E-state index contributed by atoms with van der Waals surface area (Å²) in [7, 11) is 2.25. The Kier molecular flexibility index (Phi) is 3.68. The van der Waals surface area contributed by atoms with Gasteiger partial charge in [-0.1, -0.05) is 12.8 Å². The van der Waals surface area contributed by atoms with Gasteiger partial charge in [-0.15, -0.1) is 0 Å². The van der Waals surface area contributed by atoms with Crippen LogP contribution in [0.4, 0.5) is 0 Å². The van der Waals surface area contributed by atoms with Crippen LogP contribution in [-0.4, -0.2) is 30.6 Å². The van der Waals surface area contributed by atoms with Gasteiger partial charge in [0.2, 0.25) is 0 Å². The van der Waals surface area contributed by atoms with Crippen molar-refractivity contribution in [3.8, 4) is 0 Å². The van der Waals surface area contributed by atoms with E-state index >= 15 is 0 Å². The smallest absolute Gasteiger partial charge is 0.0196 e. The molecular formula is C13H26N2. The zero-order valence-electron chi connectivity index (χ0n) is 10.3. The van der Waals surface area contributed by atoms with Gasteiger partial charge in [-0.2, -0.15) is 0 Å². The quantitative estimate of drug-likeness (QED) is 0.754. The molecule has 2 fully saturated rings. The third-order valence-electron chi connectivity index (χ3n) is 4.50. The minimum absolute atomic E-state index is 0.415. The van der Waals surface area contributed by atoms with Crippen LogP contribution in [0, 0.1) is 11.8 Å². The van der Waals surface area contributed by atoms with Crippen molar-refractivity contribution in [2.24, 2.45) is 17.6 Å². The van der Waals surface area contributed by atoms with Crippen LogP contribution in [0.1, 0.15) is 45.4 Å². The van der Waals surface area contributed by atoms with Gasteiger partial charge in [-0.25, -0.2) is 0 Å². The number of hydrogen-bond acceptors (Lipinski definition) is 2. The standard InChI is InChI=1S/C13H26N2/c1-10(11-7-8-11)15(2)9-13(14)12-5-3-4-6-12/h10-13H,3-9,14H2,1-2H3. The molecule has 2 unspecified atom stereocenters. The Labute approximate surface area is 94.2 Å². The average Bonchev–Trinajstić information content (AvgIpc) is 2.91. The van der Waals surface area contributed by atoms with Crippen molar-refractivity contribution in [2.45, 2.75) is 57.5 Å². The number of rotatable bonds is 5. The highest BCUT2D eigenvalue weighted by molar-refractivity contribution is 4.87. The van der Waals surface area contributed by atoms with E-state index in [-0.39, 0.29) is 0 Å². The second kappa shape index (κ2) is 4.84. The first-order valence-electron chi connectivity index (χ1n) is 6.64. The van der Waals surface area contributed by atoms with Crippen molar-refractivity contribution in [2.75, 3.05) is 13.6 Å². The molecule has 2 atom stereocenters. The summed E-state index contributed by atoms with van der Waals surface area (Å²) >= 11 is 0. The van der Waals surface area contributed by atoms with Gasteiger partial charge in [-0.05, 0) is 51.5 Å². The largest absolute Gasteiger partial charge is 0.326 e. The molecule has 0 bridgehead atoms. The van der Waals surface area contributed by atoms with Crippen LogP contribution in [0.3, 0.4) is 0 Å². The summed E-state index contributed by atoms with van der Waals surface area (Å²) in [5.74, 6) is 1.77. The molecule has 2 saturated carbocycles. The first kappa shape index (κ1) is 11.4. The van der Waals surface area contributed by atoms with Crippen LogP contribution in [-0.2, 0) is 0 Å². The van der Waals surface area contributed by atoms with Crippen LogP contribution in [0.15, 0.2) is 0 Å². The Hall–Kier alpha value is -0.0800. The normalized spacial score (nSPS) is 27.2. The SMILES string of the molecule is CC(C1CC1)N(C)CC(N)C1CCCC1. The number of hydrogen-bond donors (Lipinski definition) is 1. The molecule has 0 amide bonds. The highest BCUT2D eigenvalue weighted by atomic mass is 15.1. The number of nitrogens with zero attached hydrogens (tertiary/aromatic N) is 1. The minimum Gasteiger partial charge on any atom is -0.326 e. The summed E-state index contributed by atoms with van der Waals surface area (Å²) in [6.07, 6.45) is 8.41.